The highest BCUT2D eigenvalue weighted by atomic mass is 35.5. The fourth-order valence-corrected chi connectivity index (χ4v) is 1.96. The molecule has 0 aromatic carbocycles. The first kappa shape index (κ1) is 16.7. The lowest BCUT2D eigenvalue weighted by Gasteiger charge is -2.09. The minimum atomic E-state index is -0.674. The molecule has 114 valence electrons. The van der Waals surface area contributed by atoms with Gasteiger partial charge in [-0.25, -0.2) is 13.9 Å². The van der Waals surface area contributed by atoms with Gasteiger partial charge in [-0.05, 0) is 0 Å². The second-order valence-electron chi connectivity index (χ2n) is 4.64. The van der Waals surface area contributed by atoms with Crippen molar-refractivity contribution in [2.45, 2.75) is 6.54 Å². The molecule has 2 N–H and O–H groups in total. The van der Waals surface area contributed by atoms with Crippen molar-refractivity contribution in [1.82, 2.24) is 13.7 Å². The van der Waals surface area contributed by atoms with Crippen molar-refractivity contribution in [3.8, 4) is 0 Å². The highest BCUT2D eigenvalue weighted by Gasteiger charge is 2.21. The first-order chi connectivity index (χ1) is 9.32. The van der Waals surface area contributed by atoms with Crippen LogP contribution in [0.15, 0.2) is 28.3 Å². The summed E-state index contributed by atoms with van der Waals surface area (Å²) in [7, 11) is 4.56. The van der Waals surface area contributed by atoms with Gasteiger partial charge in [-0.3, -0.25) is 18.7 Å². The average molecular weight is 314 g/mol. The number of ketones is 1. The number of nitrogens with two attached hydrogens (primary N) is 1. The van der Waals surface area contributed by atoms with Gasteiger partial charge in [0.2, 0.25) is 12.1 Å². The molecule has 8 nitrogen and oxygen atoms in total. The van der Waals surface area contributed by atoms with E-state index in [9.17, 15) is 14.4 Å². The van der Waals surface area contributed by atoms with Crippen molar-refractivity contribution in [2.75, 3.05) is 5.73 Å². The third-order valence-electron chi connectivity index (χ3n) is 3.14. The van der Waals surface area contributed by atoms with E-state index in [1.165, 1.54) is 14.1 Å². The summed E-state index contributed by atoms with van der Waals surface area (Å²) >= 11 is 0. The van der Waals surface area contributed by atoms with Crippen LogP contribution in [-0.2, 0) is 27.7 Å². The van der Waals surface area contributed by atoms with Gasteiger partial charge < -0.3 is 18.1 Å². The second-order valence-corrected chi connectivity index (χ2v) is 4.64. The Morgan fingerprint density at radius 1 is 1.29 bits per heavy atom. The van der Waals surface area contributed by atoms with Crippen LogP contribution in [0.2, 0.25) is 0 Å². The number of imidazole rings is 1. The number of anilines is 1. The first-order valence-electron chi connectivity index (χ1n) is 5.92. The Labute approximate surface area is 126 Å². The normalized spacial score (nSPS) is 10.2. The number of halogens is 1. The molecule has 0 radical (unpaired) electrons. The van der Waals surface area contributed by atoms with Gasteiger partial charge in [0.05, 0.1) is 7.05 Å². The van der Waals surface area contributed by atoms with Crippen LogP contribution in [0.1, 0.15) is 10.4 Å². The summed E-state index contributed by atoms with van der Waals surface area (Å²) < 4.78 is 5.37. The second kappa shape index (κ2) is 5.96. The Morgan fingerprint density at radius 3 is 2.43 bits per heavy atom. The van der Waals surface area contributed by atoms with Gasteiger partial charge in [-0.2, -0.15) is 0 Å². The smallest absolute Gasteiger partial charge is 0.332 e. The molecule has 0 unspecified atom stereocenters. The monoisotopic (exact) mass is 313 g/mol. The number of rotatable bonds is 3. The molecule has 2 aromatic heterocycles. The molecule has 2 rings (SSSR count). The maximum absolute atomic E-state index is 12.2. The van der Waals surface area contributed by atoms with Gasteiger partial charge in [0, 0.05) is 14.1 Å². The van der Waals surface area contributed by atoms with Crippen molar-refractivity contribution < 1.29 is 21.8 Å². The van der Waals surface area contributed by atoms with Crippen molar-refractivity contribution in [1.29, 1.82) is 0 Å². The maximum Gasteiger partial charge on any atom is 0.332 e. The third-order valence-corrected chi connectivity index (χ3v) is 3.14. The van der Waals surface area contributed by atoms with Crippen LogP contribution in [0.4, 0.5) is 5.82 Å². The summed E-state index contributed by atoms with van der Waals surface area (Å²) in [5.74, 6) is -0.547. The van der Waals surface area contributed by atoms with Gasteiger partial charge >= 0.3 is 5.69 Å². The van der Waals surface area contributed by atoms with E-state index >= 15 is 0 Å². The minimum Gasteiger partial charge on any atom is -1.00 e. The van der Waals surface area contributed by atoms with E-state index in [0.717, 1.165) is 9.13 Å². The Hall–Kier alpha value is -2.35. The molecule has 2 heterocycles. The number of nitrogens with zero attached hydrogens (tertiary/aromatic N) is 4. The van der Waals surface area contributed by atoms with E-state index in [0.29, 0.717) is 0 Å². The summed E-state index contributed by atoms with van der Waals surface area (Å²) in [5, 5.41) is 0. The summed E-state index contributed by atoms with van der Waals surface area (Å²) in [6, 6.07) is 0. The Bertz CT molecular complexity index is 802. The fourth-order valence-electron chi connectivity index (χ4n) is 1.96. The number of Topliss-reactive ketones (excluding diaryl/α,β-unsaturated/α-hetero) is 1. The van der Waals surface area contributed by atoms with E-state index in [2.05, 4.69) is 0 Å². The van der Waals surface area contributed by atoms with Gasteiger partial charge in [0.1, 0.15) is 23.8 Å². The predicted octanol–water partition coefficient (Wildman–Crippen LogP) is -4.82. The predicted molar refractivity (Wildman–Crippen MR) is 71.3 cm³/mol. The average Bonchev–Trinajstić information content (AvgIpc) is 2.79. The zero-order valence-electron chi connectivity index (χ0n) is 11.9. The van der Waals surface area contributed by atoms with Crippen LogP contribution >= 0.6 is 0 Å². The molecule has 0 fully saturated rings. The first-order valence-corrected chi connectivity index (χ1v) is 5.92. The molecule has 0 atom stereocenters. The largest absolute Gasteiger partial charge is 1.00 e. The van der Waals surface area contributed by atoms with Crippen molar-refractivity contribution in [3.05, 3.63) is 45.1 Å². The molecular weight excluding hydrogens is 298 g/mol. The molecular formula is C12H16ClN5O3. The van der Waals surface area contributed by atoms with Gasteiger partial charge in [-0.15, -0.1) is 0 Å². The molecule has 0 bridgehead atoms. The van der Waals surface area contributed by atoms with Gasteiger partial charge in [-0.1, -0.05) is 0 Å². The number of carbonyl (C=O) groups is 1. The van der Waals surface area contributed by atoms with E-state index in [4.69, 9.17) is 5.73 Å². The van der Waals surface area contributed by atoms with Crippen LogP contribution in [0, 0.1) is 0 Å². The van der Waals surface area contributed by atoms with E-state index < -0.39 is 17.0 Å². The van der Waals surface area contributed by atoms with Crippen LogP contribution in [0.25, 0.3) is 0 Å². The number of hydrogen-bond acceptors (Lipinski definition) is 4. The molecule has 9 heteroatoms. The lowest BCUT2D eigenvalue weighted by molar-refractivity contribution is -0.671. The molecule has 0 aliphatic carbocycles. The van der Waals surface area contributed by atoms with E-state index in [-0.39, 0.29) is 30.3 Å². The molecule has 0 saturated heterocycles. The summed E-state index contributed by atoms with van der Waals surface area (Å²) in [6.07, 6.45) is 5.19. The van der Waals surface area contributed by atoms with Crippen LogP contribution in [0.5, 0.6) is 0 Å². The molecule has 0 aliphatic heterocycles. The number of aromatic nitrogens is 4. The third kappa shape index (κ3) is 2.89. The Balaban J connectivity index is 0.00000220. The van der Waals surface area contributed by atoms with Crippen molar-refractivity contribution in [3.63, 3.8) is 0 Å². The molecule has 21 heavy (non-hydrogen) atoms. The molecule has 0 amide bonds. The summed E-state index contributed by atoms with van der Waals surface area (Å²) in [5.41, 5.74) is 4.33. The number of hydrogen-bond donors (Lipinski definition) is 1. The molecule has 2 aromatic rings. The van der Waals surface area contributed by atoms with E-state index in [1.807, 2.05) is 7.05 Å². The standard InChI is InChI=1S/C12H15N5O3.ClH/c1-14-4-5-17(7-14)6-8(18)9-10(13)15(2)12(20)16(3)11(9)19;/h4-5,7H,6H2,1-3H3,(H-,13,18,19);1H. The maximum atomic E-state index is 12.2. The summed E-state index contributed by atoms with van der Waals surface area (Å²) in [4.78, 5) is 35.9. The van der Waals surface area contributed by atoms with Crippen LogP contribution in [0.3, 0.4) is 0 Å². The van der Waals surface area contributed by atoms with Crippen molar-refractivity contribution in [2.24, 2.45) is 21.1 Å². The quantitative estimate of drug-likeness (QED) is 0.454. The molecule has 0 spiro atoms. The Morgan fingerprint density at radius 2 is 1.90 bits per heavy atom. The fraction of sp³-hybridized carbons (Fsp3) is 0.333. The van der Waals surface area contributed by atoms with Gasteiger partial charge in [0.25, 0.3) is 5.56 Å². The number of carbonyl (C=O) groups excluding carboxylic acids is 1. The summed E-state index contributed by atoms with van der Waals surface area (Å²) in [6.45, 7) is -0.0154. The Kier molecular flexibility index (Phi) is 4.74. The highest BCUT2D eigenvalue weighted by molar-refractivity contribution is 5.99. The van der Waals surface area contributed by atoms with Crippen LogP contribution < -0.4 is 34.0 Å². The molecule has 0 aliphatic rings. The zero-order chi connectivity index (χ0) is 15.0. The molecule has 0 saturated carbocycles. The van der Waals surface area contributed by atoms with Gasteiger partial charge in [0.15, 0.2) is 6.54 Å². The number of nitrogen functional groups attached to an aromatic ring is 1. The number of aryl methyl sites for hydroxylation is 1. The SMILES string of the molecule is Cn1c(N)c(C(=O)Cn2cc[n+](C)c2)c(=O)n(C)c1=O.[Cl-]. The highest BCUT2D eigenvalue weighted by Crippen LogP contribution is 2.05. The lowest BCUT2D eigenvalue weighted by Crippen LogP contribution is -3.00. The minimum absolute atomic E-state index is 0. The topological polar surface area (TPSA) is 95.9 Å². The van der Waals surface area contributed by atoms with E-state index in [1.54, 1.807) is 27.9 Å². The van der Waals surface area contributed by atoms with Crippen molar-refractivity contribution >= 4 is 11.6 Å². The lowest BCUT2D eigenvalue weighted by atomic mass is 10.2. The zero-order valence-corrected chi connectivity index (χ0v) is 12.7. The van der Waals surface area contributed by atoms with Crippen LogP contribution in [-0.4, -0.2) is 19.5 Å².